The summed E-state index contributed by atoms with van der Waals surface area (Å²) in [5.41, 5.74) is 1.23. The van der Waals surface area contributed by atoms with Crippen molar-refractivity contribution in [2.75, 3.05) is 13.2 Å². The van der Waals surface area contributed by atoms with Gasteiger partial charge in [-0.25, -0.2) is 13.1 Å². The number of rotatable bonds is 10. The number of hydrogen-bond acceptors (Lipinski definition) is 5. The van der Waals surface area contributed by atoms with Crippen molar-refractivity contribution in [2.45, 2.75) is 17.2 Å². The van der Waals surface area contributed by atoms with Crippen molar-refractivity contribution in [2.24, 2.45) is 0 Å². The van der Waals surface area contributed by atoms with Gasteiger partial charge >= 0.3 is 5.97 Å². The van der Waals surface area contributed by atoms with Gasteiger partial charge in [0, 0.05) is 22.5 Å². The van der Waals surface area contributed by atoms with Gasteiger partial charge in [0.1, 0.15) is 0 Å². The number of ether oxygens (including phenoxy) is 1. The van der Waals surface area contributed by atoms with Gasteiger partial charge in [-0.05, 0) is 29.8 Å². The summed E-state index contributed by atoms with van der Waals surface area (Å²) in [5.74, 6) is -1.35. The normalized spacial score (nSPS) is 12.2. The summed E-state index contributed by atoms with van der Waals surface area (Å²) >= 11 is 3.30. The summed E-state index contributed by atoms with van der Waals surface area (Å²) in [4.78, 5) is 24.8. The van der Waals surface area contributed by atoms with Crippen molar-refractivity contribution >= 4 is 37.7 Å². The fourth-order valence-electron chi connectivity index (χ4n) is 3.05. The van der Waals surface area contributed by atoms with Crippen LogP contribution >= 0.6 is 15.9 Å². The summed E-state index contributed by atoms with van der Waals surface area (Å²) < 4.78 is 33.7. The van der Waals surface area contributed by atoms with Crippen molar-refractivity contribution in [3.8, 4) is 0 Å². The van der Waals surface area contributed by atoms with Crippen LogP contribution in [0.25, 0.3) is 0 Å². The van der Waals surface area contributed by atoms with E-state index in [9.17, 15) is 18.0 Å². The van der Waals surface area contributed by atoms with Crippen LogP contribution in [0.15, 0.2) is 94.3 Å². The van der Waals surface area contributed by atoms with Crippen molar-refractivity contribution < 1.29 is 22.7 Å². The number of nitrogens with one attached hydrogen (secondary N) is 1. The second-order valence-electron chi connectivity index (χ2n) is 7.07. The maximum absolute atomic E-state index is 12.6. The number of esters is 1. The molecule has 8 heteroatoms. The minimum Gasteiger partial charge on any atom is -0.457 e. The van der Waals surface area contributed by atoms with Crippen LogP contribution in [-0.2, 0) is 19.6 Å². The first-order valence-electron chi connectivity index (χ1n) is 9.89. The molecule has 1 atom stereocenters. The molecule has 0 spiro atoms. The van der Waals surface area contributed by atoms with Gasteiger partial charge < -0.3 is 4.74 Å². The summed E-state index contributed by atoms with van der Waals surface area (Å²) in [6.45, 7) is -0.366. The fraction of sp³-hybridized carbons (Fsp3) is 0.167. The number of halogens is 1. The lowest BCUT2D eigenvalue weighted by Crippen LogP contribution is -2.30. The van der Waals surface area contributed by atoms with E-state index in [1.165, 1.54) is 12.1 Å². The van der Waals surface area contributed by atoms with E-state index in [2.05, 4.69) is 20.7 Å². The Labute approximate surface area is 195 Å². The highest BCUT2D eigenvalue weighted by atomic mass is 79.9. The van der Waals surface area contributed by atoms with Crippen LogP contribution in [-0.4, -0.2) is 33.3 Å². The minimum atomic E-state index is -3.72. The molecule has 0 bridgehead atoms. The highest BCUT2D eigenvalue weighted by Gasteiger charge is 2.22. The number of carbonyl (C=O) groups excluding carboxylic acids is 2. The molecular formula is C24H22BrNO5S. The fourth-order valence-corrected chi connectivity index (χ4v) is 4.42. The van der Waals surface area contributed by atoms with Crippen LogP contribution in [0, 0.1) is 0 Å². The Balaban J connectivity index is 1.63. The first-order chi connectivity index (χ1) is 15.3. The topological polar surface area (TPSA) is 89.5 Å². The molecule has 0 radical (unpaired) electrons. The van der Waals surface area contributed by atoms with Crippen LogP contribution in [0.1, 0.15) is 28.3 Å². The van der Waals surface area contributed by atoms with Crippen LogP contribution in [0.4, 0.5) is 0 Å². The Morgan fingerprint density at radius 1 is 0.875 bits per heavy atom. The molecule has 0 aliphatic rings. The van der Waals surface area contributed by atoms with Gasteiger partial charge in [-0.3, -0.25) is 9.59 Å². The van der Waals surface area contributed by atoms with E-state index < -0.39 is 21.9 Å². The molecule has 0 unspecified atom stereocenters. The van der Waals surface area contributed by atoms with E-state index in [0.717, 1.165) is 10.0 Å². The van der Waals surface area contributed by atoms with Crippen LogP contribution in [0.3, 0.4) is 0 Å². The third-order valence-electron chi connectivity index (χ3n) is 4.79. The van der Waals surface area contributed by atoms with E-state index in [4.69, 9.17) is 4.74 Å². The van der Waals surface area contributed by atoms with Crippen LogP contribution in [0.2, 0.25) is 0 Å². The number of hydrogen-bond donors (Lipinski definition) is 1. The Morgan fingerprint density at radius 3 is 2.09 bits per heavy atom. The highest BCUT2D eigenvalue weighted by Crippen LogP contribution is 2.21. The van der Waals surface area contributed by atoms with Crippen LogP contribution < -0.4 is 4.72 Å². The average Bonchev–Trinajstić information content (AvgIpc) is 2.82. The molecule has 0 aliphatic carbocycles. The van der Waals surface area contributed by atoms with Gasteiger partial charge in [0.15, 0.2) is 12.4 Å². The van der Waals surface area contributed by atoms with E-state index in [0.29, 0.717) is 5.56 Å². The van der Waals surface area contributed by atoms with Gasteiger partial charge in [-0.1, -0.05) is 76.6 Å². The molecule has 0 heterocycles. The van der Waals surface area contributed by atoms with Gasteiger partial charge in [-0.2, -0.15) is 0 Å². The second kappa shape index (κ2) is 11.2. The number of ketones is 1. The molecule has 6 nitrogen and oxygen atoms in total. The second-order valence-corrected chi connectivity index (χ2v) is 9.75. The predicted molar refractivity (Wildman–Crippen MR) is 125 cm³/mol. The van der Waals surface area contributed by atoms with Crippen molar-refractivity contribution in [1.29, 1.82) is 0 Å². The minimum absolute atomic E-state index is 0.0109. The van der Waals surface area contributed by atoms with E-state index in [-0.39, 0.29) is 30.3 Å². The zero-order valence-corrected chi connectivity index (χ0v) is 19.5. The van der Waals surface area contributed by atoms with Gasteiger partial charge in [-0.15, -0.1) is 0 Å². The molecule has 0 aliphatic heterocycles. The molecule has 3 rings (SSSR count). The largest absolute Gasteiger partial charge is 0.457 e. The number of carbonyl (C=O) groups is 2. The Bertz CT molecular complexity index is 1150. The maximum atomic E-state index is 12.6. The number of Topliss-reactive ketones (excluding diaryl/α,β-unsaturated/α-hetero) is 1. The molecule has 1 N–H and O–H groups in total. The average molecular weight is 516 g/mol. The standard InChI is InChI=1S/C24H22BrNO5S/c25-21-13-11-19(12-14-21)23(27)17-31-24(28)15-20(18-7-3-1-4-8-18)16-26-32(29,30)22-9-5-2-6-10-22/h1-14,20,26H,15-17H2/t20-/m1/s1. The molecule has 0 amide bonds. The highest BCUT2D eigenvalue weighted by molar-refractivity contribution is 9.10. The Kier molecular flexibility index (Phi) is 8.33. The molecule has 0 saturated heterocycles. The Hall–Kier alpha value is -2.81. The van der Waals surface area contributed by atoms with Gasteiger partial charge in [0.25, 0.3) is 0 Å². The maximum Gasteiger partial charge on any atom is 0.306 e. The molecule has 3 aromatic rings. The lowest BCUT2D eigenvalue weighted by molar-refractivity contribution is -0.142. The lowest BCUT2D eigenvalue weighted by atomic mass is 9.96. The zero-order chi connectivity index (χ0) is 23.0. The van der Waals surface area contributed by atoms with Crippen LogP contribution in [0.5, 0.6) is 0 Å². The van der Waals surface area contributed by atoms with Crippen molar-refractivity contribution in [3.63, 3.8) is 0 Å². The van der Waals surface area contributed by atoms with Crippen molar-refractivity contribution in [3.05, 3.63) is 101 Å². The SMILES string of the molecule is O=C(C[C@H](CNS(=O)(=O)c1ccccc1)c1ccccc1)OCC(=O)c1ccc(Br)cc1. The molecule has 0 aromatic heterocycles. The quantitative estimate of drug-likeness (QED) is 0.320. The van der Waals surface area contributed by atoms with Gasteiger partial charge in [0.05, 0.1) is 11.3 Å². The molecular weight excluding hydrogens is 494 g/mol. The molecule has 0 fully saturated rings. The smallest absolute Gasteiger partial charge is 0.306 e. The first kappa shape index (κ1) is 23.8. The molecule has 32 heavy (non-hydrogen) atoms. The predicted octanol–water partition coefficient (Wildman–Crippen LogP) is 4.33. The third-order valence-corrected chi connectivity index (χ3v) is 6.76. The lowest BCUT2D eigenvalue weighted by Gasteiger charge is -2.18. The Morgan fingerprint density at radius 2 is 1.47 bits per heavy atom. The summed E-state index contributed by atoms with van der Waals surface area (Å²) in [7, 11) is -3.72. The first-order valence-corrected chi connectivity index (χ1v) is 12.2. The molecule has 166 valence electrons. The molecule has 3 aromatic carbocycles. The van der Waals surface area contributed by atoms with Gasteiger partial charge in [0.2, 0.25) is 10.0 Å². The summed E-state index contributed by atoms with van der Waals surface area (Å²) in [6, 6.07) is 23.9. The van der Waals surface area contributed by atoms with E-state index in [1.54, 1.807) is 42.5 Å². The summed E-state index contributed by atoms with van der Waals surface area (Å²) in [6.07, 6.45) is -0.0745. The van der Waals surface area contributed by atoms with E-state index in [1.807, 2.05) is 30.3 Å². The number of benzene rings is 3. The zero-order valence-electron chi connectivity index (χ0n) is 17.1. The molecule has 0 saturated carbocycles. The monoisotopic (exact) mass is 515 g/mol. The number of sulfonamides is 1. The van der Waals surface area contributed by atoms with Crippen molar-refractivity contribution in [1.82, 2.24) is 4.72 Å². The third kappa shape index (κ3) is 6.85. The summed E-state index contributed by atoms with van der Waals surface area (Å²) in [5, 5.41) is 0. The van der Waals surface area contributed by atoms with E-state index >= 15 is 0 Å².